The predicted octanol–water partition coefficient (Wildman–Crippen LogP) is 6.32. The highest BCUT2D eigenvalue weighted by Crippen LogP contribution is 2.41. The maximum atomic E-state index is 10.1. The van der Waals surface area contributed by atoms with Crippen LogP contribution in [0.5, 0.6) is 17.2 Å². The molecule has 0 aliphatic carbocycles. The lowest BCUT2D eigenvalue weighted by atomic mass is 9.88. The molecule has 0 heterocycles. The molecular weight excluding hydrogens is 312 g/mol. The molecule has 0 amide bonds. The van der Waals surface area contributed by atoms with Crippen LogP contribution in [0.2, 0.25) is 0 Å². The highest BCUT2D eigenvalue weighted by molar-refractivity contribution is 5.57. The van der Waals surface area contributed by atoms with Crippen molar-refractivity contribution in [1.82, 2.24) is 0 Å². The number of phenols is 3. The van der Waals surface area contributed by atoms with Gasteiger partial charge >= 0.3 is 0 Å². The zero-order valence-corrected chi connectivity index (χ0v) is 17.1. The molecule has 1 rings (SSSR count). The van der Waals surface area contributed by atoms with Gasteiger partial charge in [0.25, 0.3) is 0 Å². The predicted molar refractivity (Wildman–Crippen MR) is 105 cm³/mol. The largest absolute Gasteiger partial charge is 0.504 e. The van der Waals surface area contributed by atoms with Crippen molar-refractivity contribution in [3.8, 4) is 17.2 Å². The van der Waals surface area contributed by atoms with E-state index in [2.05, 4.69) is 41.5 Å². The Kier molecular flexibility index (Phi) is 7.64. The summed E-state index contributed by atoms with van der Waals surface area (Å²) in [6.07, 6.45) is 7.85. The highest BCUT2D eigenvalue weighted by Gasteiger charge is 2.17. The second-order valence-electron chi connectivity index (χ2n) is 9.78. The van der Waals surface area contributed by atoms with Crippen molar-refractivity contribution in [2.75, 3.05) is 0 Å². The molecule has 0 saturated heterocycles. The van der Waals surface area contributed by atoms with Gasteiger partial charge in [-0.3, -0.25) is 0 Å². The molecule has 0 radical (unpaired) electrons. The van der Waals surface area contributed by atoms with Crippen molar-refractivity contribution >= 4 is 0 Å². The van der Waals surface area contributed by atoms with Gasteiger partial charge < -0.3 is 15.3 Å². The van der Waals surface area contributed by atoms with E-state index in [1.807, 2.05) is 6.07 Å². The fraction of sp³-hybridized carbons (Fsp3) is 0.727. The topological polar surface area (TPSA) is 60.7 Å². The van der Waals surface area contributed by atoms with Gasteiger partial charge in [-0.05, 0) is 66.5 Å². The average molecular weight is 351 g/mol. The first-order chi connectivity index (χ1) is 11.4. The minimum absolute atomic E-state index is 0.160. The number of hydrogen-bond acceptors (Lipinski definition) is 3. The van der Waals surface area contributed by atoms with E-state index < -0.39 is 0 Å². The van der Waals surface area contributed by atoms with Crippen molar-refractivity contribution in [3.05, 3.63) is 17.2 Å². The standard InChI is InChI=1S/C22H38O3/c1-21(2,3)13-9-7-11-16-15-17(19(24)20(25)18(16)23)12-8-10-14-22(4,5)6/h15,23-25H,7-14H2,1-6H3. The quantitative estimate of drug-likeness (QED) is 0.380. The Bertz CT molecular complexity index is 502. The molecule has 25 heavy (non-hydrogen) atoms. The fourth-order valence-corrected chi connectivity index (χ4v) is 3.09. The summed E-state index contributed by atoms with van der Waals surface area (Å²) in [5.74, 6) is -0.683. The molecule has 0 aliphatic heterocycles. The zero-order valence-electron chi connectivity index (χ0n) is 17.1. The van der Waals surface area contributed by atoms with Gasteiger partial charge in [-0.1, -0.05) is 54.4 Å². The van der Waals surface area contributed by atoms with Gasteiger partial charge in [0.15, 0.2) is 11.5 Å². The van der Waals surface area contributed by atoms with Crippen molar-refractivity contribution in [2.45, 2.75) is 92.9 Å². The third-order valence-electron chi connectivity index (χ3n) is 4.65. The van der Waals surface area contributed by atoms with E-state index in [-0.39, 0.29) is 17.2 Å². The first-order valence-corrected chi connectivity index (χ1v) is 9.66. The van der Waals surface area contributed by atoms with Crippen molar-refractivity contribution in [1.29, 1.82) is 0 Å². The molecule has 1 aromatic rings. The van der Waals surface area contributed by atoms with Crippen LogP contribution in [0.3, 0.4) is 0 Å². The molecule has 3 heteroatoms. The maximum Gasteiger partial charge on any atom is 0.200 e. The van der Waals surface area contributed by atoms with Crippen LogP contribution in [0.4, 0.5) is 0 Å². The summed E-state index contributed by atoms with van der Waals surface area (Å²) >= 11 is 0. The van der Waals surface area contributed by atoms with Gasteiger partial charge in [0.2, 0.25) is 5.75 Å². The molecule has 0 aliphatic rings. The molecule has 144 valence electrons. The second kappa shape index (κ2) is 8.82. The van der Waals surface area contributed by atoms with Gasteiger partial charge in [-0.15, -0.1) is 0 Å². The summed E-state index contributed by atoms with van der Waals surface area (Å²) in [6.45, 7) is 13.4. The number of benzene rings is 1. The minimum Gasteiger partial charge on any atom is -0.504 e. The summed E-state index contributed by atoms with van der Waals surface area (Å²) in [7, 11) is 0. The first-order valence-electron chi connectivity index (χ1n) is 9.66. The van der Waals surface area contributed by atoms with Crippen molar-refractivity contribution < 1.29 is 15.3 Å². The monoisotopic (exact) mass is 350 g/mol. The Hall–Kier alpha value is -1.38. The number of aryl methyl sites for hydroxylation is 2. The molecule has 0 atom stereocenters. The van der Waals surface area contributed by atoms with Crippen LogP contribution in [0.25, 0.3) is 0 Å². The Labute approximate surface area is 154 Å². The first kappa shape index (κ1) is 21.7. The van der Waals surface area contributed by atoms with Gasteiger partial charge in [0.05, 0.1) is 0 Å². The summed E-state index contributed by atoms with van der Waals surface area (Å²) in [5.41, 5.74) is 2.12. The number of hydrogen-bond donors (Lipinski definition) is 3. The number of rotatable bonds is 8. The Morgan fingerprint density at radius 1 is 0.600 bits per heavy atom. The van der Waals surface area contributed by atoms with E-state index in [0.29, 0.717) is 10.8 Å². The van der Waals surface area contributed by atoms with E-state index in [1.165, 1.54) is 0 Å². The molecule has 3 N–H and O–H groups in total. The summed E-state index contributed by atoms with van der Waals surface area (Å²) < 4.78 is 0. The average Bonchev–Trinajstić information content (AvgIpc) is 2.47. The van der Waals surface area contributed by atoms with Gasteiger partial charge in [-0.25, -0.2) is 0 Å². The highest BCUT2D eigenvalue weighted by atomic mass is 16.3. The van der Waals surface area contributed by atoms with Crippen LogP contribution < -0.4 is 0 Å². The molecule has 0 bridgehead atoms. The lowest BCUT2D eigenvalue weighted by Gasteiger charge is -2.18. The molecule has 0 unspecified atom stereocenters. The Morgan fingerprint density at radius 3 is 1.28 bits per heavy atom. The van der Waals surface area contributed by atoms with Gasteiger partial charge in [-0.2, -0.15) is 0 Å². The normalized spacial score (nSPS) is 12.6. The Morgan fingerprint density at radius 2 is 0.960 bits per heavy atom. The lowest BCUT2D eigenvalue weighted by molar-refractivity contribution is 0.351. The third kappa shape index (κ3) is 8.02. The number of phenolic OH excluding ortho intramolecular Hbond substituents is 3. The van der Waals surface area contributed by atoms with Crippen LogP contribution in [-0.2, 0) is 12.8 Å². The summed E-state index contributed by atoms with van der Waals surface area (Å²) in [4.78, 5) is 0. The fourth-order valence-electron chi connectivity index (χ4n) is 3.09. The van der Waals surface area contributed by atoms with Crippen LogP contribution in [0.1, 0.15) is 91.2 Å². The van der Waals surface area contributed by atoms with Crippen LogP contribution in [0.15, 0.2) is 6.07 Å². The van der Waals surface area contributed by atoms with E-state index >= 15 is 0 Å². The second-order valence-corrected chi connectivity index (χ2v) is 9.78. The van der Waals surface area contributed by atoms with E-state index in [0.717, 1.165) is 62.5 Å². The summed E-state index contributed by atoms with van der Waals surface area (Å²) in [6, 6.07) is 1.87. The molecule has 0 fully saturated rings. The SMILES string of the molecule is CC(C)(C)CCCCc1cc(CCCCC(C)(C)C)c(O)c(O)c1O. The Balaban J connectivity index is 2.68. The maximum absolute atomic E-state index is 10.1. The van der Waals surface area contributed by atoms with Gasteiger partial charge in [0.1, 0.15) is 0 Å². The molecule has 1 aromatic carbocycles. The lowest BCUT2D eigenvalue weighted by Crippen LogP contribution is -2.05. The number of aromatic hydroxyl groups is 3. The van der Waals surface area contributed by atoms with Crippen molar-refractivity contribution in [3.63, 3.8) is 0 Å². The molecule has 0 aromatic heterocycles. The zero-order chi connectivity index (χ0) is 19.3. The van der Waals surface area contributed by atoms with E-state index in [9.17, 15) is 15.3 Å². The van der Waals surface area contributed by atoms with Gasteiger partial charge in [0, 0.05) is 0 Å². The minimum atomic E-state index is -0.362. The molecule has 3 nitrogen and oxygen atoms in total. The summed E-state index contributed by atoms with van der Waals surface area (Å²) in [5, 5.41) is 30.3. The molecular formula is C22H38O3. The van der Waals surface area contributed by atoms with E-state index in [4.69, 9.17) is 0 Å². The third-order valence-corrected chi connectivity index (χ3v) is 4.65. The number of unbranched alkanes of at least 4 members (excludes halogenated alkanes) is 2. The van der Waals surface area contributed by atoms with Crippen molar-refractivity contribution in [2.24, 2.45) is 10.8 Å². The van der Waals surface area contributed by atoms with Crippen LogP contribution >= 0.6 is 0 Å². The molecule has 0 spiro atoms. The van der Waals surface area contributed by atoms with Crippen LogP contribution in [0, 0.1) is 10.8 Å². The van der Waals surface area contributed by atoms with Crippen LogP contribution in [-0.4, -0.2) is 15.3 Å². The smallest absolute Gasteiger partial charge is 0.200 e. The van der Waals surface area contributed by atoms with E-state index in [1.54, 1.807) is 0 Å². The molecule has 0 saturated carbocycles.